The summed E-state index contributed by atoms with van der Waals surface area (Å²) in [6.07, 6.45) is 0.766. The van der Waals surface area contributed by atoms with Crippen LogP contribution in [-0.2, 0) is 11.2 Å². The summed E-state index contributed by atoms with van der Waals surface area (Å²) >= 11 is 0. The van der Waals surface area contributed by atoms with Crippen LogP contribution in [0.25, 0.3) is 0 Å². The highest BCUT2D eigenvalue weighted by atomic mass is 16.3. The zero-order valence-electron chi connectivity index (χ0n) is 9.67. The first-order valence-electron chi connectivity index (χ1n) is 5.86. The van der Waals surface area contributed by atoms with Crippen molar-refractivity contribution in [1.29, 1.82) is 0 Å². The Labute approximate surface area is 100 Å². The van der Waals surface area contributed by atoms with Crippen LogP contribution in [0.15, 0.2) is 24.3 Å². The van der Waals surface area contributed by atoms with Crippen LogP contribution in [0.1, 0.15) is 17.0 Å². The van der Waals surface area contributed by atoms with Crippen LogP contribution >= 0.6 is 0 Å². The van der Waals surface area contributed by atoms with Gasteiger partial charge >= 0.3 is 0 Å². The van der Waals surface area contributed by atoms with Crippen molar-refractivity contribution in [1.82, 2.24) is 4.90 Å². The third kappa shape index (κ3) is 2.33. The van der Waals surface area contributed by atoms with Gasteiger partial charge in [0.1, 0.15) is 0 Å². The van der Waals surface area contributed by atoms with Gasteiger partial charge in [0, 0.05) is 13.1 Å². The SMILES string of the molecule is O=C(C1Cc2ccccc21)N(CCO)CCO. The molecular weight excluding hydrogens is 218 g/mol. The average molecular weight is 235 g/mol. The van der Waals surface area contributed by atoms with Gasteiger partial charge < -0.3 is 15.1 Å². The standard InChI is InChI=1S/C13H17NO3/c15-7-5-14(6-8-16)13(17)12-9-10-3-1-2-4-11(10)12/h1-4,12,15-16H,5-9H2. The molecule has 1 aliphatic rings. The molecule has 4 heteroatoms. The third-order valence-electron chi connectivity index (χ3n) is 3.20. The van der Waals surface area contributed by atoms with Crippen molar-refractivity contribution >= 4 is 5.91 Å². The van der Waals surface area contributed by atoms with E-state index in [-0.39, 0.29) is 38.1 Å². The summed E-state index contributed by atoms with van der Waals surface area (Å²) in [5.41, 5.74) is 2.30. The number of nitrogens with zero attached hydrogens (tertiary/aromatic N) is 1. The van der Waals surface area contributed by atoms with Crippen LogP contribution < -0.4 is 0 Å². The molecule has 0 fully saturated rings. The highest BCUT2D eigenvalue weighted by Crippen LogP contribution is 2.35. The number of rotatable bonds is 5. The minimum absolute atomic E-state index is 0.00630. The molecule has 0 bridgehead atoms. The first-order valence-corrected chi connectivity index (χ1v) is 5.86. The van der Waals surface area contributed by atoms with Crippen molar-refractivity contribution in [2.24, 2.45) is 0 Å². The lowest BCUT2D eigenvalue weighted by molar-refractivity contribution is -0.134. The van der Waals surface area contributed by atoms with E-state index in [0.29, 0.717) is 0 Å². The quantitative estimate of drug-likeness (QED) is 0.763. The summed E-state index contributed by atoms with van der Waals surface area (Å²) in [6, 6.07) is 7.90. The van der Waals surface area contributed by atoms with E-state index in [0.717, 1.165) is 12.0 Å². The Morgan fingerprint density at radius 2 is 1.88 bits per heavy atom. The molecule has 0 aliphatic heterocycles. The van der Waals surface area contributed by atoms with Gasteiger partial charge in [-0.3, -0.25) is 4.79 Å². The van der Waals surface area contributed by atoms with Crippen molar-refractivity contribution < 1.29 is 15.0 Å². The number of carbonyl (C=O) groups excluding carboxylic acids is 1. The Kier molecular flexibility index (Phi) is 3.76. The molecule has 1 atom stereocenters. The molecule has 2 N–H and O–H groups in total. The predicted octanol–water partition coefficient (Wildman–Crippen LogP) is 0.140. The van der Waals surface area contributed by atoms with E-state index in [4.69, 9.17) is 10.2 Å². The van der Waals surface area contributed by atoms with Crippen molar-refractivity contribution in [3.05, 3.63) is 35.4 Å². The van der Waals surface area contributed by atoms with Crippen LogP contribution in [0.4, 0.5) is 0 Å². The van der Waals surface area contributed by atoms with E-state index >= 15 is 0 Å². The number of benzene rings is 1. The van der Waals surface area contributed by atoms with Gasteiger partial charge in [-0.25, -0.2) is 0 Å². The lowest BCUT2D eigenvalue weighted by atomic mass is 9.77. The Hall–Kier alpha value is -1.39. The van der Waals surface area contributed by atoms with Gasteiger partial charge in [-0.2, -0.15) is 0 Å². The molecule has 1 amide bonds. The number of hydrogen-bond acceptors (Lipinski definition) is 3. The fraction of sp³-hybridized carbons (Fsp3) is 0.462. The lowest BCUT2D eigenvalue weighted by Gasteiger charge is -2.33. The Bertz CT molecular complexity index is 399. The van der Waals surface area contributed by atoms with Gasteiger partial charge in [-0.05, 0) is 17.5 Å². The van der Waals surface area contributed by atoms with Gasteiger partial charge in [0.2, 0.25) is 5.91 Å². The molecule has 0 spiro atoms. The molecular formula is C13H17NO3. The summed E-state index contributed by atoms with van der Waals surface area (Å²) in [6.45, 7) is 0.441. The normalized spacial score (nSPS) is 17.2. The number of aliphatic hydroxyl groups excluding tert-OH is 2. The third-order valence-corrected chi connectivity index (χ3v) is 3.20. The average Bonchev–Trinajstić information content (AvgIpc) is 2.30. The van der Waals surface area contributed by atoms with E-state index in [2.05, 4.69) is 0 Å². The molecule has 1 aromatic carbocycles. The first kappa shape index (κ1) is 12.1. The van der Waals surface area contributed by atoms with Crippen LogP contribution in [0, 0.1) is 0 Å². The summed E-state index contributed by atoms with van der Waals surface area (Å²) in [5, 5.41) is 17.8. The van der Waals surface area contributed by atoms with Gasteiger partial charge in [-0.1, -0.05) is 24.3 Å². The highest BCUT2D eigenvalue weighted by Gasteiger charge is 2.34. The fourth-order valence-corrected chi connectivity index (χ4v) is 2.27. The van der Waals surface area contributed by atoms with Crippen LogP contribution in [0.5, 0.6) is 0 Å². The first-order chi connectivity index (χ1) is 8.27. The summed E-state index contributed by atoms with van der Waals surface area (Å²) in [7, 11) is 0. The van der Waals surface area contributed by atoms with Crippen LogP contribution in [0.3, 0.4) is 0 Å². The molecule has 0 aromatic heterocycles. The van der Waals surface area contributed by atoms with Gasteiger partial charge in [0.05, 0.1) is 19.1 Å². The smallest absolute Gasteiger partial charge is 0.230 e. The minimum Gasteiger partial charge on any atom is -0.395 e. The predicted molar refractivity (Wildman–Crippen MR) is 63.6 cm³/mol. The number of carbonyl (C=O) groups is 1. The molecule has 4 nitrogen and oxygen atoms in total. The lowest BCUT2D eigenvalue weighted by Crippen LogP contribution is -2.42. The molecule has 0 heterocycles. The summed E-state index contributed by atoms with van der Waals surface area (Å²) in [4.78, 5) is 13.7. The van der Waals surface area contributed by atoms with E-state index in [9.17, 15) is 4.79 Å². The number of aliphatic hydroxyl groups is 2. The van der Waals surface area contributed by atoms with Crippen molar-refractivity contribution in [2.75, 3.05) is 26.3 Å². The molecule has 2 rings (SSSR count). The Morgan fingerprint density at radius 1 is 1.24 bits per heavy atom. The largest absolute Gasteiger partial charge is 0.395 e. The molecule has 0 radical (unpaired) electrons. The molecule has 92 valence electrons. The second-order valence-corrected chi connectivity index (χ2v) is 4.23. The highest BCUT2D eigenvalue weighted by molar-refractivity contribution is 5.87. The summed E-state index contributed by atoms with van der Waals surface area (Å²) < 4.78 is 0. The zero-order valence-corrected chi connectivity index (χ0v) is 9.67. The van der Waals surface area contributed by atoms with E-state index in [1.54, 1.807) is 0 Å². The Balaban J connectivity index is 2.06. The molecule has 17 heavy (non-hydrogen) atoms. The maximum absolute atomic E-state index is 12.2. The number of fused-ring (bicyclic) bond motifs is 1. The number of hydrogen-bond donors (Lipinski definition) is 2. The molecule has 1 aromatic rings. The molecule has 1 unspecified atom stereocenters. The van der Waals surface area contributed by atoms with E-state index in [1.165, 1.54) is 10.5 Å². The summed E-state index contributed by atoms with van der Waals surface area (Å²) in [5.74, 6) is -0.0869. The molecule has 0 saturated carbocycles. The van der Waals surface area contributed by atoms with Gasteiger partial charge in [-0.15, -0.1) is 0 Å². The molecule has 1 aliphatic carbocycles. The minimum atomic E-state index is -0.0932. The van der Waals surface area contributed by atoms with Crippen LogP contribution in [0.2, 0.25) is 0 Å². The monoisotopic (exact) mass is 235 g/mol. The fourth-order valence-electron chi connectivity index (χ4n) is 2.27. The van der Waals surface area contributed by atoms with Crippen molar-refractivity contribution in [2.45, 2.75) is 12.3 Å². The second kappa shape index (κ2) is 5.29. The topological polar surface area (TPSA) is 60.8 Å². The second-order valence-electron chi connectivity index (χ2n) is 4.23. The van der Waals surface area contributed by atoms with E-state index in [1.807, 2.05) is 24.3 Å². The van der Waals surface area contributed by atoms with Crippen molar-refractivity contribution in [3.8, 4) is 0 Å². The van der Waals surface area contributed by atoms with Gasteiger partial charge in [0.25, 0.3) is 0 Å². The number of amides is 1. The maximum atomic E-state index is 12.2. The van der Waals surface area contributed by atoms with Gasteiger partial charge in [0.15, 0.2) is 0 Å². The van der Waals surface area contributed by atoms with Crippen LogP contribution in [-0.4, -0.2) is 47.3 Å². The van der Waals surface area contributed by atoms with E-state index < -0.39 is 0 Å². The van der Waals surface area contributed by atoms with Crippen molar-refractivity contribution in [3.63, 3.8) is 0 Å². The Morgan fingerprint density at radius 3 is 2.47 bits per heavy atom. The maximum Gasteiger partial charge on any atom is 0.230 e. The molecule has 0 saturated heterocycles. The zero-order chi connectivity index (χ0) is 12.3.